The Kier molecular flexibility index (Phi) is 6.46. The second-order valence-electron chi connectivity index (χ2n) is 6.08. The number of aromatic nitrogens is 3. The quantitative estimate of drug-likeness (QED) is 0.586. The smallest absolute Gasteiger partial charge is 0.315 e. The molecular weight excluding hydrogens is 358 g/mol. The number of hydrogen-bond donors (Lipinski definition) is 2. The number of carbonyl (C=O) groups excluding carboxylic acids is 1. The normalized spacial score (nSPS) is 11.5. The van der Waals surface area contributed by atoms with Gasteiger partial charge in [0.1, 0.15) is 30.8 Å². The van der Waals surface area contributed by atoms with Gasteiger partial charge in [0.2, 0.25) is 0 Å². The van der Waals surface area contributed by atoms with E-state index in [1.54, 1.807) is 18.1 Å². The average molecular weight is 381 g/mol. The van der Waals surface area contributed by atoms with Gasteiger partial charge in [0.15, 0.2) is 0 Å². The van der Waals surface area contributed by atoms with Gasteiger partial charge in [0.05, 0.1) is 25.4 Å². The molecule has 8 nitrogen and oxygen atoms in total. The molecule has 0 radical (unpaired) electrons. The molecule has 2 N–H and O–H groups in total. The van der Waals surface area contributed by atoms with Gasteiger partial charge >= 0.3 is 6.03 Å². The number of urea groups is 1. The maximum atomic E-state index is 12.1. The fourth-order valence-corrected chi connectivity index (χ4v) is 2.59. The number of methoxy groups -OCH3 is 1. The van der Waals surface area contributed by atoms with Gasteiger partial charge in [-0.1, -0.05) is 12.1 Å². The third-order valence-electron chi connectivity index (χ3n) is 4.14. The molecule has 3 aromatic rings. The largest absolute Gasteiger partial charge is 0.497 e. The first-order valence-electron chi connectivity index (χ1n) is 8.92. The van der Waals surface area contributed by atoms with E-state index in [1.165, 1.54) is 6.33 Å². The van der Waals surface area contributed by atoms with E-state index >= 15 is 0 Å². The first kappa shape index (κ1) is 19.2. The lowest BCUT2D eigenvalue weighted by molar-refractivity contribution is 0.233. The zero-order valence-electron chi connectivity index (χ0n) is 15.8. The average Bonchev–Trinajstić information content (AvgIpc) is 3.26. The zero-order valence-corrected chi connectivity index (χ0v) is 15.8. The number of hydrogen-bond acceptors (Lipinski definition) is 5. The molecule has 28 heavy (non-hydrogen) atoms. The van der Waals surface area contributed by atoms with Gasteiger partial charge in [0, 0.05) is 0 Å². The molecule has 1 aromatic heterocycles. The summed E-state index contributed by atoms with van der Waals surface area (Å²) in [6, 6.07) is 14.7. The van der Waals surface area contributed by atoms with Crippen LogP contribution in [0.3, 0.4) is 0 Å². The fraction of sp³-hybridized carbons (Fsp3) is 0.250. The summed E-state index contributed by atoms with van der Waals surface area (Å²) in [7, 11) is 1.62. The molecule has 0 spiro atoms. The molecule has 1 heterocycles. The SMILES string of the molecule is COc1ccc(OCCNC(=O)NC(C)c2ccc(-n3cncn3)cc2)cc1. The van der Waals surface area contributed by atoms with E-state index in [2.05, 4.69) is 20.7 Å². The third kappa shape index (κ3) is 5.23. The van der Waals surface area contributed by atoms with Gasteiger partial charge < -0.3 is 20.1 Å². The molecule has 0 aliphatic heterocycles. The third-order valence-corrected chi connectivity index (χ3v) is 4.14. The van der Waals surface area contributed by atoms with Crippen molar-refractivity contribution in [3.05, 3.63) is 66.7 Å². The predicted octanol–water partition coefficient (Wildman–Crippen LogP) is 2.72. The van der Waals surface area contributed by atoms with Crippen LogP contribution in [-0.4, -0.2) is 41.1 Å². The molecular formula is C20H23N5O3. The van der Waals surface area contributed by atoms with Crippen molar-refractivity contribution < 1.29 is 14.3 Å². The second-order valence-corrected chi connectivity index (χ2v) is 6.08. The van der Waals surface area contributed by atoms with E-state index in [0.29, 0.717) is 13.2 Å². The molecule has 0 aliphatic rings. The summed E-state index contributed by atoms with van der Waals surface area (Å²) < 4.78 is 12.4. The van der Waals surface area contributed by atoms with Crippen LogP contribution in [0.5, 0.6) is 11.5 Å². The van der Waals surface area contributed by atoms with Crippen LogP contribution in [-0.2, 0) is 0 Å². The van der Waals surface area contributed by atoms with Crippen LogP contribution in [0.15, 0.2) is 61.2 Å². The van der Waals surface area contributed by atoms with Gasteiger partial charge in [-0.2, -0.15) is 5.10 Å². The molecule has 0 fully saturated rings. The minimum absolute atomic E-state index is 0.132. The number of nitrogens with one attached hydrogen (secondary N) is 2. The number of ether oxygens (including phenoxy) is 2. The standard InChI is InChI=1S/C20H23N5O3/c1-15(16-3-5-17(6-4-16)25-14-21-13-23-25)24-20(26)22-11-12-28-19-9-7-18(27-2)8-10-19/h3-10,13-15H,11-12H2,1-2H3,(H2,22,24,26). The molecule has 2 aromatic carbocycles. The van der Waals surface area contributed by atoms with E-state index in [0.717, 1.165) is 22.7 Å². The van der Waals surface area contributed by atoms with Gasteiger partial charge in [-0.25, -0.2) is 14.5 Å². The summed E-state index contributed by atoms with van der Waals surface area (Å²) in [6.45, 7) is 2.70. The van der Waals surface area contributed by atoms with Gasteiger partial charge in [-0.15, -0.1) is 0 Å². The number of rotatable bonds is 8. The van der Waals surface area contributed by atoms with Crippen LogP contribution in [0.2, 0.25) is 0 Å². The first-order valence-corrected chi connectivity index (χ1v) is 8.92. The van der Waals surface area contributed by atoms with Crippen LogP contribution in [0.1, 0.15) is 18.5 Å². The lowest BCUT2D eigenvalue weighted by Gasteiger charge is -2.16. The number of carbonyl (C=O) groups is 1. The Bertz CT molecular complexity index is 864. The van der Waals surface area contributed by atoms with E-state index in [9.17, 15) is 4.79 Å². The number of nitrogens with zero attached hydrogens (tertiary/aromatic N) is 3. The van der Waals surface area contributed by atoms with Crippen LogP contribution >= 0.6 is 0 Å². The Hall–Kier alpha value is -3.55. The minimum atomic E-state index is -0.244. The van der Waals surface area contributed by atoms with Crippen LogP contribution < -0.4 is 20.1 Å². The number of amides is 2. The molecule has 8 heteroatoms. The van der Waals surface area contributed by atoms with E-state index < -0.39 is 0 Å². The highest BCUT2D eigenvalue weighted by atomic mass is 16.5. The Morgan fingerprint density at radius 1 is 1.11 bits per heavy atom. The second kappa shape index (κ2) is 9.40. The van der Waals surface area contributed by atoms with Crippen LogP contribution in [0.4, 0.5) is 4.79 Å². The van der Waals surface area contributed by atoms with E-state index in [4.69, 9.17) is 9.47 Å². The van der Waals surface area contributed by atoms with Crippen LogP contribution in [0, 0.1) is 0 Å². The Morgan fingerprint density at radius 2 is 1.82 bits per heavy atom. The molecule has 1 unspecified atom stereocenters. The monoisotopic (exact) mass is 381 g/mol. The van der Waals surface area contributed by atoms with Crippen molar-refractivity contribution in [2.24, 2.45) is 0 Å². The topological polar surface area (TPSA) is 90.3 Å². The van der Waals surface area contributed by atoms with Crippen molar-refractivity contribution in [3.63, 3.8) is 0 Å². The van der Waals surface area contributed by atoms with Crippen molar-refractivity contribution in [2.45, 2.75) is 13.0 Å². The number of benzene rings is 2. The van der Waals surface area contributed by atoms with Crippen molar-refractivity contribution in [3.8, 4) is 17.2 Å². The summed E-state index contributed by atoms with van der Waals surface area (Å²) in [5.74, 6) is 1.50. The maximum absolute atomic E-state index is 12.1. The molecule has 2 amide bonds. The lowest BCUT2D eigenvalue weighted by Crippen LogP contribution is -2.38. The van der Waals surface area contributed by atoms with Gasteiger partial charge in [-0.3, -0.25) is 0 Å². The highest BCUT2D eigenvalue weighted by Crippen LogP contribution is 2.17. The Balaban J connectivity index is 1.40. The van der Waals surface area contributed by atoms with Crippen LogP contribution in [0.25, 0.3) is 5.69 Å². The van der Waals surface area contributed by atoms with Crippen molar-refractivity contribution in [2.75, 3.05) is 20.3 Å². The fourth-order valence-electron chi connectivity index (χ4n) is 2.59. The van der Waals surface area contributed by atoms with Crippen molar-refractivity contribution in [1.29, 1.82) is 0 Å². The van der Waals surface area contributed by atoms with Crippen molar-refractivity contribution in [1.82, 2.24) is 25.4 Å². The predicted molar refractivity (Wildman–Crippen MR) is 105 cm³/mol. The summed E-state index contributed by atoms with van der Waals surface area (Å²) >= 11 is 0. The van der Waals surface area contributed by atoms with E-state index in [1.807, 2.05) is 55.5 Å². The summed E-state index contributed by atoms with van der Waals surface area (Å²) in [4.78, 5) is 16.0. The molecule has 0 saturated heterocycles. The minimum Gasteiger partial charge on any atom is -0.497 e. The summed E-state index contributed by atoms with van der Waals surface area (Å²) in [5, 5.41) is 9.78. The first-order chi connectivity index (χ1) is 13.7. The Labute approximate surface area is 163 Å². The molecule has 0 bridgehead atoms. The van der Waals surface area contributed by atoms with Crippen molar-refractivity contribution >= 4 is 6.03 Å². The molecule has 1 atom stereocenters. The summed E-state index contributed by atoms with van der Waals surface area (Å²) in [6.07, 6.45) is 3.12. The zero-order chi connectivity index (χ0) is 19.8. The van der Waals surface area contributed by atoms with Gasteiger partial charge in [0.25, 0.3) is 0 Å². The molecule has 0 aliphatic carbocycles. The summed E-state index contributed by atoms with van der Waals surface area (Å²) in [5.41, 5.74) is 1.90. The highest BCUT2D eigenvalue weighted by molar-refractivity contribution is 5.74. The molecule has 0 saturated carbocycles. The van der Waals surface area contributed by atoms with E-state index in [-0.39, 0.29) is 12.1 Å². The maximum Gasteiger partial charge on any atom is 0.315 e. The molecule has 3 rings (SSSR count). The highest BCUT2D eigenvalue weighted by Gasteiger charge is 2.09. The molecule has 146 valence electrons. The Morgan fingerprint density at radius 3 is 2.46 bits per heavy atom. The lowest BCUT2D eigenvalue weighted by atomic mass is 10.1. The van der Waals surface area contributed by atoms with Gasteiger partial charge in [-0.05, 0) is 48.9 Å².